The van der Waals surface area contributed by atoms with Crippen LogP contribution in [0.25, 0.3) is 0 Å². The van der Waals surface area contributed by atoms with Gasteiger partial charge in [-0.2, -0.15) is 8.75 Å². The third kappa shape index (κ3) is 2.28. The fraction of sp³-hybridized carbons (Fsp3) is 0.600. The van der Waals surface area contributed by atoms with Crippen molar-refractivity contribution < 1.29 is 14.7 Å². The van der Waals surface area contributed by atoms with E-state index in [2.05, 4.69) is 8.75 Å². The van der Waals surface area contributed by atoms with Crippen molar-refractivity contribution in [3.05, 3.63) is 11.9 Å². The number of nitrogens with zero attached hydrogens (tertiary/aromatic N) is 3. The minimum atomic E-state index is -0.855. The Balaban J connectivity index is 2.13. The predicted molar refractivity (Wildman–Crippen MR) is 60.8 cm³/mol. The van der Waals surface area contributed by atoms with Gasteiger partial charge in [0.1, 0.15) is 0 Å². The molecule has 7 heteroatoms. The van der Waals surface area contributed by atoms with Gasteiger partial charge >= 0.3 is 5.97 Å². The second kappa shape index (κ2) is 4.40. The number of hydrogen-bond donors (Lipinski definition) is 1. The van der Waals surface area contributed by atoms with Gasteiger partial charge in [-0.3, -0.25) is 9.59 Å². The van der Waals surface area contributed by atoms with E-state index in [0.29, 0.717) is 25.1 Å². The van der Waals surface area contributed by atoms with Crippen molar-refractivity contribution in [2.24, 2.45) is 5.41 Å². The number of carboxylic acid groups (broad SMARTS) is 1. The molecule has 0 aromatic carbocycles. The van der Waals surface area contributed by atoms with Gasteiger partial charge in [-0.15, -0.1) is 0 Å². The molecule has 0 radical (unpaired) electrons. The van der Waals surface area contributed by atoms with E-state index in [1.807, 2.05) is 0 Å². The van der Waals surface area contributed by atoms with E-state index in [-0.39, 0.29) is 12.5 Å². The van der Waals surface area contributed by atoms with Crippen molar-refractivity contribution in [2.45, 2.75) is 19.8 Å². The van der Waals surface area contributed by atoms with Crippen LogP contribution in [-0.2, 0) is 4.79 Å². The highest BCUT2D eigenvalue weighted by Gasteiger charge is 2.39. The third-order valence-electron chi connectivity index (χ3n) is 3.08. The molecule has 6 nitrogen and oxygen atoms in total. The van der Waals surface area contributed by atoms with Gasteiger partial charge in [-0.25, -0.2) is 0 Å². The maximum absolute atomic E-state index is 12.0. The molecule has 1 fully saturated rings. The first-order valence-electron chi connectivity index (χ1n) is 5.33. The van der Waals surface area contributed by atoms with Gasteiger partial charge in [0.2, 0.25) is 0 Å². The number of hydrogen-bond acceptors (Lipinski definition) is 5. The lowest BCUT2D eigenvalue weighted by Crippen LogP contribution is -2.48. The molecule has 1 N–H and O–H groups in total. The third-order valence-corrected chi connectivity index (χ3v) is 3.56. The number of carboxylic acids is 1. The summed E-state index contributed by atoms with van der Waals surface area (Å²) in [5.41, 5.74) is -0.554. The number of carbonyl (C=O) groups excluding carboxylic acids is 1. The molecule has 0 spiro atoms. The normalized spacial score (nSPS) is 24.6. The first-order chi connectivity index (χ1) is 8.03. The van der Waals surface area contributed by atoms with Crippen LogP contribution in [0.2, 0.25) is 0 Å². The fourth-order valence-corrected chi connectivity index (χ4v) is 2.42. The predicted octanol–water partition coefficient (Wildman–Crippen LogP) is 0.865. The molecule has 1 aliphatic heterocycles. The maximum atomic E-state index is 12.0. The van der Waals surface area contributed by atoms with Crippen LogP contribution in [0.1, 0.15) is 30.3 Å². The van der Waals surface area contributed by atoms with Crippen LogP contribution in [0, 0.1) is 5.41 Å². The van der Waals surface area contributed by atoms with Gasteiger partial charge in [0.25, 0.3) is 5.91 Å². The van der Waals surface area contributed by atoms with Crippen molar-refractivity contribution >= 4 is 23.6 Å². The maximum Gasteiger partial charge on any atom is 0.311 e. The second-order valence-electron chi connectivity index (χ2n) is 4.49. The average molecular weight is 255 g/mol. The lowest BCUT2D eigenvalue weighted by molar-refractivity contribution is -0.150. The van der Waals surface area contributed by atoms with E-state index in [9.17, 15) is 9.59 Å². The van der Waals surface area contributed by atoms with Gasteiger partial charge in [0.15, 0.2) is 5.69 Å². The first kappa shape index (κ1) is 12.0. The van der Waals surface area contributed by atoms with Crippen LogP contribution in [0.3, 0.4) is 0 Å². The van der Waals surface area contributed by atoms with Crippen molar-refractivity contribution in [3.8, 4) is 0 Å². The van der Waals surface area contributed by atoms with Crippen LogP contribution < -0.4 is 0 Å². The van der Waals surface area contributed by atoms with Crippen LogP contribution in [0.4, 0.5) is 0 Å². The summed E-state index contributed by atoms with van der Waals surface area (Å²) >= 11 is 0.974. The molecule has 2 heterocycles. The van der Waals surface area contributed by atoms with Crippen molar-refractivity contribution in [1.82, 2.24) is 13.6 Å². The zero-order chi connectivity index (χ0) is 12.5. The molecule has 1 atom stereocenters. The number of aliphatic carboxylic acids is 1. The van der Waals surface area contributed by atoms with E-state index in [1.165, 1.54) is 6.20 Å². The van der Waals surface area contributed by atoms with Crippen molar-refractivity contribution in [2.75, 3.05) is 13.1 Å². The van der Waals surface area contributed by atoms with E-state index < -0.39 is 11.4 Å². The highest BCUT2D eigenvalue weighted by atomic mass is 32.1. The Morgan fingerprint density at radius 2 is 2.35 bits per heavy atom. The summed E-state index contributed by atoms with van der Waals surface area (Å²) < 4.78 is 7.65. The molecule has 1 aromatic heterocycles. The number of piperidine rings is 1. The molecule has 0 bridgehead atoms. The average Bonchev–Trinajstić information content (AvgIpc) is 2.81. The van der Waals surface area contributed by atoms with Crippen molar-refractivity contribution in [3.63, 3.8) is 0 Å². The fourth-order valence-electron chi connectivity index (χ4n) is 2.01. The molecular weight excluding hydrogens is 242 g/mol. The molecule has 1 amide bonds. The van der Waals surface area contributed by atoms with E-state index in [4.69, 9.17) is 5.11 Å². The van der Waals surface area contributed by atoms with Crippen LogP contribution in [0.5, 0.6) is 0 Å². The standard InChI is InChI=1S/C10H13N3O3S/c1-10(9(15)16)3-2-4-13(6-10)8(14)7-5-11-17-12-7/h5H,2-4,6H2,1H3,(H,15,16). The Hall–Kier alpha value is -1.50. The minimum Gasteiger partial charge on any atom is -0.481 e. The van der Waals surface area contributed by atoms with Crippen molar-refractivity contribution in [1.29, 1.82) is 0 Å². The molecule has 0 aliphatic carbocycles. The summed E-state index contributed by atoms with van der Waals surface area (Å²) in [6.07, 6.45) is 2.72. The van der Waals surface area contributed by atoms with Gasteiger partial charge in [0, 0.05) is 13.1 Å². The summed E-state index contributed by atoms with van der Waals surface area (Å²) in [6, 6.07) is 0. The highest BCUT2D eigenvalue weighted by molar-refractivity contribution is 6.99. The number of amides is 1. The molecule has 1 aliphatic rings. The van der Waals surface area contributed by atoms with Gasteiger partial charge in [0.05, 0.1) is 23.3 Å². The molecule has 17 heavy (non-hydrogen) atoms. The summed E-state index contributed by atoms with van der Waals surface area (Å²) in [6.45, 7) is 2.49. The highest BCUT2D eigenvalue weighted by Crippen LogP contribution is 2.30. The smallest absolute Gasteiger partial charge is 0.311 e. The summed E-state index contributed by atoms with van der Waals surface area (Å²) in [5.74, 6) is -1.09. The van der Waals surface area contributed by atoms with E-state index >= 15 is 0 Å². The molecule has 1 saturated heterocycles. The summed E-state index contributed by atoms with van der Waals surface area (Å²) in [4.78, 5) is 24.7. The zero-order valence-electron chi connectivity index (χ0n) is 9.42. The number of carbonyl (C=O) groups is 2. The number of rotatable bonds is 2. The number of likely N-dealkylation sites (tertiary alicyclic amines) is 1. The topological polar surface area (TPSA) is 83.4 Å². The van der Waals surface area contributed by atoms with E-state index in [1.54, 1.807) is 11.8 Å². The molecular formula is C10H13N3O3S. The molecule has 92 valence electrons. The van der Waals surface area contributed by atoms with Crippen LogP contribution >= 0.6 is 11.7 Å². The summed E-state index contributed by atoms with van der Waals surface area (Å²) in [5, 5.41) is 9.16. The van der Waals surface area contributed by atoms with Crippen LogP contribution in [-0.4, -0.2) is 43.7 Å². The zero-order valence-corrected chi connectivity index (χ0v) is 10.2. The second-order valence-corrected chi connectivity index (χ2v) is 5.05. The Bertz CT molecular complexity index is 434. The largest absolute Gasteiger partial charge is 0.481 e. The molecule has 0 saturated carbocycles. The Labute approximate surface area is 103 Å². The molecule has 1 aromatic rings. The quantitative estimate of drug-likeness (QED) is 0.847. The SMILES string of the molecule is CC1(C(=O)O)CCCN(C(=O)c2cnsn2)C1. The first-order valence-corrected chi connectivity index (χ1v) is 6.06. The Morgan fingerprint density at radius 3 is 2.94 bits per heavy atom. The lowest BCUT2D eigenvalue weighted by Gasteiger charge is -2.37. The number of aromatic nitrogens is 2. The van der Waals surface area contributed by atoms with Gasteiger partial charge in [-0.05, 0) is 19.8 Å². The lowest BCUT2D eigenvalue weighted by atomic mass is 9.82. The molecule has 2 rings (SSSR count). The van der Waals surface area contributed by atoms with Gasteiger partial charge in [-0.1, -0.05) is 0 Å². The molecule has 1 unspecified atom stereocenters. The van der Waals surface area contributed by atoms with E-state index in [0.717, 1.165) is 11.7 Å². The Morgan fingerprint density at radius 1 is 1.59 bits per heavy atom. The monoisotopic (exact) mass is 255 g/mol. The summed E-state index contributed by atoms with van der Waals surface area (Å²) in [7, 11) is 0. The van der Waals surface area contributed by atoms with Crippen LogP contribution in [0.15, 0.2) is 6.20 Å². The Kier molecular flexibility index (Phi) is 3.10. The van der Waals surface area contributed by atoms with Gasteiger partial charge < -0.3 is 10.0 Å². The minimum absolute atomic E-state index is 0.231.